The zero-order valence-electron chi connectivity index (χ0n) is 7.09. The summed E-state index contributed by atoms with van der Waals surface area (Å²) in [7, 11) is 0. The van der Waals surface area contributed by atoms with E-state index in [1.165, 1.54) is 6.20 Å². The number of nitrogens with zero attached hydrogens (tertiary/aromatic N) is 1. The SMILES string of the molecule is Nc1cc(Cl)cc(-c2[nH]ncc2Cl)c1. The Morgan fingerprint density at radius 3 is 2.57 bits per heavy atom. The zero-order valence-corrected chi connectivity index (χ0v) is 8.60. The second kappa shape index (κ2) is 3.52. The van der Waals surface area contributed by atoms with Crippen LogP contribution in [0.1, 0.15) is 0 Å². The molecular weight excluding hydrogens is 221 g/mol. The first-order valence-corrected chi connectivity index (χ1v) is 4.68. The van der Waals surface area contributed by atoms with Crippen LogP contribution >= 0.6 is 23.2 Å². The normalized spacial score (nSPS) is 10.4. The van der Waals surface area contributed by atoms with E-state index in [1.807, 2.05) is 0 Å². The monoisotopic (exact) mass is 227 g/mol. The minimum absolute atomic E-state index is 0.548. The van der Waals surface area contributed by atoms with Crippen LogP contribution in [-0.4, -0.2) is 10.2 Å². The minimum Gasteiger partial charge on any atom is -0.399 e. The van der Waals surface area contributed by atoms with Crippen LogP contribution in [0.15, 0.2) is 24.4 Å². The van der Waals surface area contributed by atoms with E-state index >= 15 is 0 Å². The molecule has 0 spiro atoms. The number of H-pyrrole nitrogens is 1. The molecule has 1 aromatic carbocycles. The Morgan fingerprint density at radius 2 is 2.00 bits per heavy atom. The van der Waals surface area contributed by atoms with Crippen molar-refractivity contribution >= 4 is 28.9 Å². The van der Waals surface area contributed by atoms with Crippen LogP contribution in [0.5, 0.6) is 0 Å². The van der Waals surface area contributed by atoms with Gasteiger partial charge in [-0.2, -0.15) is 5.10 Å². The van der Waals surface area contributed by atoms with Gasteiger partial charge in [-0.1, -0.05) is 23.2 Å². The fourth-order valence-electron chi connectivity index (χ4n) is 1.23. The summed E-state index contributed by atoms with van der Waals surface area (Å²) in [5, 5.41) is 7.72. The minimum atomic E-state index is 0.548. The van der Waals surface area contributed by atoms with Gasteiger partial charge in [0, 0.05) is 16.3 Å². The topological polar surface area (TPSA) is 54.7 Å². The molecule has 0 unspecified atom stereocenters. The molecule has 0 aliphatic rings. The molecular formula is C9H7Cl2N3. The number of nitrogens with two attached hydrogens (primary N) is 1. The summed E-state index contributed by atoms with van der Waals surface area (Å²) in [6.07, 6.45) is 1.54. The standard InChI is InChI=1S/C9H7Cl2N3/c10-6-1-5(2-7(12)3-6)9-8(11)4-13-14-9/h1-4H,12H2,(H,13,14). The second-order valence-electron chi connectivity index (χ2n) is 2.87. The van der Waals surface area contributed by atoms with Crippen molar-refractivity contribution in [3.05, 3.63) is 34.4 Å². The number of nitrogen functional groups attached to an aromatic ring is 1. The maximum Gasteiger partial charge on any atom is 0.0863 e. The van der Waals surface area contributed by atoms with Crippen LogP contribution < -0.4 is 5.73 Å². The van der Waals surface area contributed by atoms with Crippen LogP contribution in [0.3, 0.4) is 0 Å². The van der Waals surface area contributed by atoms with Crippen molar-refractivity contribution < 1.29 is 0 Å². The largest absolute Gasteiger partial charge is 0.399 e. The molecule has 14 heavy (non-hydrogen) atoms. The van der Waals surface area contributed by atoms with E-state index in [0.717, 1.165) is 11.3 Å². The molecule has 72 valence electrons. The molecule has 1 aromatic heterocycles. The van der Waals surface area contributed by atoms with Crippen molar-refractivity contribution in [3.8, 4) is 11.3 Å². The van der Waals surface area contributed by atoms with E-state index in [1.54, 1.807) is 18.2 Å². The van der Waals surface area contributed by atoms with Crippen LogP contribution in [0.25, 0.3) is 11.3 Å². The van der Waals surface area contributed by atoms with Crippen molar-refractivity contribution in [2.75, 3.05) is 5.73 Å². The summed E-state index contributed by atoms with van der Waals surface area (Å²) < 4.78 is 0. The number of aromatic amines is 1. The van der Waals surface area contributed by atoms with Crippen molar-refractivity contribution in [1.29, 1.82) is 0 Å². The van der Waals surface area contributed by atoms with Crippen molar-refractivity contribution in [2.45, 2.75) is 0 Å². The van der Waals surface area contributed by atoms with Gasteiger partial charge in [0.1, 0.15) is 0 Å². The van der Waals surface area contributed by atoms with Crippen molar-refractivity contribution in [1.82, 2.24) is 10.2 Å². The predicted octanol–water partition coefficient (Wildman–Crippen LogP) is 2.97. The van der Waals surface area contributed by atoms with Gasteiger partial charge in [0.25, 0.3) is 0 Å². The lowest BCUT2D eigenvalue weighted by molar-refractivity contribution is 1.10. The van der Waals surface area contributed by atoms with Gasteiger partial charge in [0.2, 0.25) is 0 Å². The Hall–Kier alpha value is -1.19. The average molecular weight is 228 g/mol. The lowest BCUT2D eigenvalue weighted by Gasteiger charge is -2.01. The number of halogens is 2. The third-order valence-electron chi connectivity index (χ3n) is 1.80. The van der Waals surface area contributed by atoms with E-state index in [9.17, 15) is 0 Å². The van der Waals surface area contributed by atoms with Crippen molar-refractivity contribution in [3.63, 3.8) is 0 Å². The summed E-state index contributed by atoms with van der Waals surface area (Å²) in [5.74, 6) is 0. The molecule has 0 radical (unpaired) electrons. The van der Waals surface area contributed by atoms with Gasteiger partial charge in [0.05, 0.1) is 16.9 Å². The number of rotatable bonds is 1. The lowest BCUT2D eigenvalue weighted by atomic mass is 10.1. The molecule has 0 atom stereocenters. The predicted molar refractivity (Wildman–Crippen MR) is 58.5 cm³/mol. The number of benzene rings is 1. The first kappa shape index (κ1) is 9.37. The molecule has 0 aliphatic heterocycles. The first-order chi connectivity index (χ1) is 6.66. The van der Waals surface area contributed by atoms with Gasteiger partial charge >= 0.3 is 0 Å². The highest BCUT2D eigenvalue weighted by atomic mass is 35.5. The maximum absolute atomic E-state index is 5.90. The van der Waals surface area contributed by atoms with Gasteiger partial charge in [-0.15, -0.1) is 0 Å². The van der Waals surface area contributed by atoms with E-state index in [0.29, 0.717) is 15.7 Å². The lowest BCUT2D eigenvalue weighted by Crippen LogP contribution is -1.86. The fraction of sp³-hybridized carbons (Fsp3) is 0. The molecule has 0 fully saturated rings. The summed E-state index contributed by atoms with van der Waals surface area (Å²) in [4.78, 5) is 0. The number of hydrogen-bond donors (Lipinski definition) is 2. The first-order valence-electron chi connectivity index (χ1n) is 3.92. The van der Waals surface area contributed by atoms with E-state index in [-0.39, 0.29) is 0 Å². The highest BCUT2D eigenvalue weighted by molar-refractivity contribution is 6.33. The zero-order chi connectivity index (χ0) is 10.1. The maximum atomic E-state index is 5.90. The second-order valence-corrected chi connectivity index (χ2v) is 3.71. The molecule has 2 rings (SSSR count). The molecule has 2 aromatic rings. The fourth-order valence-corrected chi connectivity index (χ4v) is 1.67. The van der Waals surface area contributed by atoms with E-state index in [4.69, 9.17) is 28.9 Å². The van der Waals surface area contributed by atoms with Crippen LogP contribution in [0.4, 0.5) is 5.69 Å². The third kappa shape index (κ3) is 1.69. The quantitative estimate of drug-likeness (QED) is 0.737. The van der Waals surface area contributed by atoms with Crippen LogP contribution in [-0.2, 0) is 0 Å². The Morgan fingerprint density at radius 1 is 1.21 bits per heavy atom. The summed E-state index contributed by atoms with van der Waals surface area (Å²) in [5.41, 5.74) is 7.80. The van der Waals surface area contributed by atoms with E-state index < -0.39 is 0 Å². The summed E-state index contributed by atoms with van der Waals surface area (Å²) >= 11 is 11.8. The Bertz CT molecular complexity index is 445. The highest BCUT2D eigenvalue weighted by Crippen LogP contribution is 2.29. The molecule has 3 N–H and O–H groups in total. The number of hydrogen-bond acceptors (Lipinski definition) is 2. The van der Waals surface area contributed by atoms with Gasteiger partial charge < -0.3 is 5.73 Å². The average Bonchev–Trinajstić information content (AvgIpc) is 2.49. The molecule has 0 aliphatic carbocycles. The molecule has 0 bridgehead atoms. The Balaban J connectivity index is 2.57. The molecule has 0 saturated carbocycles. The van der Waals surface area contributed by atoms with Gasteiger partial charge in [-0.25, -0.2) is 0 Å². The smallest absolute Gasteiger partial charge is 0.0863 e. The summed E-state index contributed by atoms with van der Waals surface area (Å²) in [6.45, 7) is 0. The Kier molecular flexibility index (Phi) is 2.35. The summed E-state index contributed by atoms with van der Waals surface area (Å²) in [6, 6.07) is 5.23. The van der Waals surface area contributed by atoms with Gasteiger partial charge in [0.15, 0.2) is 0 Å². The molecule has 0 saturated heterocycles. The molecule has 0 amide bonds. The van der Waals surface area contributed by atoms with Gasteiger partial charge in [-0.05, 0) is 18.2 Å². The van der Waals surface area contributed by atoms with Crippen molar-refractivity contribution in [2.24, 2.45) is 0 Å². The van der Waals surface area contributed by atoms with Crippen LogP contribution in [0.2, 0.25) is 10.0 Å². The number of aromatic nitrogens is 2. The molecule has 3 nitrogen and oxygen atoms in total. The van der Waals surface area contributed by atoms with Crippen LogP contribution in [0, 0.1) is 0 Å². The number of nitrogens with one attached hydrogen (secondary N) is 1. The molecule has 1 heterocycles. The van der Waals surface area contributed by atoms with E-state index in [2.05, 4.69) is 10.2 Å². The molecule has 5 heteroatoms. The third-order valence-corrected chi connectivity index (χ3v) is 2.31. The highest BCUT2D eigenvalue weighted by Gasteiger charge is 2.06. The van der Waals surface area contributed by atoms with Gasteiger partial charge in [-0.3, -0.25) is 5.10 Å². The Labute approximate surface area is 90.8 Å². The number of anilines is 1.